The molecule has 1 aromatic carbocycles. The lowest BCUT2D eigenvalue weighted by molar-refractivity contribution is -0.114. The molecular formula is C16H23FN4O2. The normalized spacial score (nSPS) is 15.2. The molecule has 23 heavy (non-hydrogen) atoms. The van der Waals surface area contributed by atoms with Crippen molar-refractivity contribution in [3.05, 3.63) is 29.6 Å². The monoisotopic (exact) mass is 322 g/mol. The molecule has 6 nitrogen and oxygen atoms in total. The Morgan fingerprint density at radius 2 is 2.04 bits per heavy atom. The van der Waals surface area contributed by atoms with E-state index in [0.717, 1.165) is 39.1 Å². The lowest BCUT2D eigenvalue weighted by Gasteiger charge is -2.27. The van der Waals surface area contributed by atoms with Gasteiger partial charge in [0.25, 0.3) is 5.91 Å². The summed E-state index contributed by atoms with van der Waals surface area (Å²) < 4.78 is 13.8. The predicted octanol–water partition coefficient (Wildman–Crippen LogP) is 0.809. The molecule has 0 atom stereocenters. The summed E-state index contributed by atoms with van der Waals surface area (Å²) in [6.45, 7) is 6.78. The minimum Gasteiger partial charge on any atom is -0.352 e. The Balaban J connectivity index is 1.81. The van der Waals surface area contributed by atoms with E-state index in [1.165, 1.54) is 25.1 Å². The Kier molecular flexibility index (Phi) is 6.49. The molecule has 1 saturated heterocycles. The molecule has 2 amide bonds. The summed E-state index contributed by atoms with van der Waals surface area (Å²) >= 11 is 0. The fraction of sp³-hybridized carbons (Fsp3) is 0.500. The number of piperazine rings is 1. The number of nitrogens with zero attached hydrogens (tertiary/aromatic N) is 1. The highest BCUT2D eigenvalue weighted by molar-refractivity contribution is 5.97. The summed E-state index contributed by atoms with van der Waals surface area (Å²) in [5, 5.41) is 8.55. The van der Waals surface area contributed by atoms with Gasteiger partial charge in [-0.3, -0.25) is 9.59 Å². The number of amides is 2. The zero-order valence-corrected chi connectivity index (χ0v) is 13.3. The van der Waals surface area contributed by atoms with Crippen LogP contribution in [-0.2, 0) is 4.79 Å². The van der Waals surface area contributed by atoms with E-state index in [1.807, 2.05) is 0 Å². The highest BCUT2D eigenvalue weighted by Crippen LogP contribution is 2.14. The molecule has 0 radical (unpaired) electrons. The van der Waals surface area contributed by atoms with Crippen LogP contribution >= 0.6 is 0 Å². The number of anilines is 1. The first-order valence-corrected chi connectivity index (χ1v) is 7.84. The van der Waals surface area contributed by atoms with Gasteiger partial charge in [-0.25, -0.2) is 4.39 Å². The Hall–Kier alpha value is -1.99. The first-order valence-electron chi connectivity index (χ1n) is 7.84. The Bertz CT molecular complexity index is 559. The number of benzene rings is 1. The highest BCUT2D eigenvalue weighted by Gasteiger charge is 2.13. The second kappa shape index (κ2) is 8.59. The van der Waals surface area contributed by atoms with Crippen LogP contribution < -0.4 is 16.0 Å². The average Bonchev–Trinajstić information content (AvgIpc) is 2.53. The molecule has 3 N–H and O–H groups in total. The summed E-state index contributed by atoms with van der Waals surface area (Å²) in [7, 11) is 0. The second-order valence-corrected chi connectivity index (χ2v) is 5.58. The number of rotatable bonds is 6. The van der Waals surface area contributed by atoms with Gasteiger partial charge in [0.05, 0.1) is 5.56 Å². The maximum atomic E-state index is 13.8. The van der Waals surface area contributed by atoms with Crippen LogP contribution in [0.5, 0.6) is 0 Å². The Morgan fingerprint density at radius 1 is 1.30 bits per heavy atom. The van der Waals surface area contributed by atoms with Crippen molar-refractivity contribution in [1.82, 2.24) is 15.5 Å². The van der Waals surface area contributed by atoms with Crippen LogP contribution in [0.3, 0.4) is 0 Å². The molecule has 0 spiro atoms. The molecule has 1 aliphatic heterocycles. The van der Waals surface area contributed by atoms with Crippen molar-refractivity contribution < 1.29 is 14.0 Å². The topological polar surface area (TPSA) is 73.5 Å². The summed E-state index contributed by atoms with van der Waals surface area (Å²) in [4.78, 5) is 25.4. The van der Waals surface area contributed by atoms with Crippen LogP contribution in [0.4, 0.5) is 10.1 Å². The van der Waals surface area contributed by atoms with Crippen LogP contribution in [-0.4, -0.2) is 56.0 Å². The second-order valence-electron chi connectivity index (χ2n) is 5.58. The lowest BCUT2D eigenvalue weighted by Crippen LogP contribution is -2.44. The number of carbonyl (C=O) groups excluding carboxylic acids is 2. The van der Waals surface area contributed by atoms with Gasteiger partial charge in [-0.05, 0) is 31.2 Å². The minimum atomic E-state index is -0.598. The molecule has 0 aromatic heterocycles. The standard InChI is InChI=1S/C16H23FN4O2/c1-12(22)20-13-3-4-15(17)14(11-13)16(23)19-5-2-8-21-9-6-18-7-10-21/h3-4,11,18H,2,5-10H2,1H3,(H,19,23)(H,20,22). The van der Waals surface area contributed by atoms with Crippen molar-refractivity contribution in [1.29, 1.82) is 0 Å². The fourth-order valence-corrected chi connectivity index (χ4v) is 2.51. The van der Waals surface area contributed by atoms with Crippen molar-refractivity contribution in [3.63, 3.8) is 0 Å². The zero-order valence-electron chi connectivity index (χ0n) is 13.3. The van der Waals surface area contributed by atoms with Gasteiger partial charge < -0.3 is 20.9 Å². The van der Waals surface area contributed by atoms with Gasteiger partial charge in [0, 0.05) is 45.3 Å². The number of nitrogens with one attached hydrogen (secondary N) is 3. The maximum absolute atomic E-state index is 13.8. The van der Waals surface area contributed by atoms with E-state index in [-0.39, 0.29) is 11.5 Å². The molecule has 2 rings (SSSR count). The Labute approximate surface area is 135 Å². The third-order valence-electron chi connectivity index (χ3n) is 3.68. The third-order valence-corrected chi connectivity index (χ3v) is 3.68. The smallest absolute Gasteiger partial charge is 0.254 e. The largest absolute Gasteiger partial charge is 0.352 e. The van der Waals surface area contributed by atoms with Crippen molar-refractivity contribution >= 4 is 17.5 Å². The van der Waals surface area contributed by atoms with E-state index >= 15 is 0 Å². The van der Waals surface area contributed by atoms with E-state index < -0.39 is 11.7 Å². The first kappa shape index (κ1) is 17.4. The summed E-state index contributed by atoms with van der Waals surface area (Å²) in [6, 6.07) is 3.96. The van der Waals surface area contributed by atoms with E-state index in [9.17, 15) is 14.0 Å². The minimum absolute atomic E-state index is 0.0570. The molecule has 126 valence electrons. The van der Waals surface area contributed by atoms with Gasteiger partial charge in [-0.1, -0.05) is 0 Å². The van der Waals surface area contributed by atoms with Crippen molar-refractivity contribution in [2.45, 2.75) is 13.3 Å². The maximum Gasteiger partial charge on any atom is 0.254 e. The molecule has 1 fully saturated rings. The molecular weight excluding hydrogens is 299 g/mol. The highest BCUT2D eigenvalue weighted by atomic mass is 19.1. The SMILES string of the molecule is CC(=O)Nc1ccc(F)c(C(=O)NCCCN2CCNCC2)c1. The van der Waals surface area contributed by atoms with Gasteiger partial charge in [-0.2, -0.15) is 0 Å². The summed E-state index contributed by atoms with van der Waals surface area (Å²) in [5.41, 5.74) is 0.350. The van der Waals surface area contributed by atoms with E-state index in [1.54, 1.807) is 0 Å². The molecule has 7 heteroatoms. The predicted molar refractivity (Wildman–Crippen MR) is 87.0 cm³/mol. The molecule has 0 unspecified atom stereocenters. The summed E-state index contributed by atoms with van der Waals surface area (Å²) in [5.74, 6) is -1.33. The van der Waals surface area contributed by atoms with Crippen molar-refractivity contribution in [2.24, 2.45) is 0 Å². The lowest BCUT2D eigenvalue weighted by atomic mass is 10.1. The summed E-state index contributed by atoms with van der Waals surface area (Å²) in [6.07, 6.45) is 0.818. The van der Waals surface area contributed by atoms with Gasteiger partial charge >= 0.3 is 0 Å². The first-order chi connectivity index (χ1) is 11.1. The van der Waals surface area contributed by atoms with Crippen LogP contribution in [0.25, 0.3) is 0 Å². The van der Waals surface area contributed by atoms with Crippen LogP contribution in [0.1, 0.15) is 23.7 Å². The fourth-order valence-electron chi connectivity index (χ4n) is 2.51. The molecule has 0 saturated carbocycles. The van der Waals surface area contributed by atoms with Gasteiger partial charge in [0.2, 0.25) is 5.91 Å². The average molecular weight is 322 g/mol. The van der Waals surface area contributed by atoms with Crippen LogP contribution in [0.2, 0.25) is 0 Å². The molecule has 1 aliphatic rings. The van der Waals surface area contributed by atoms with E-state index in [0.29, 0.717) is 12.2 Å². The Morgan fingerprint density at radius 3 is 2.74 bits per heavy atom. The third kappa shape index (κ3) is 5.61. The number of halogens is 1. The van der Waals surface area contributed by atoms with Gasteiger partial charge in [0.15, 0.2) is 0 Å². The number of hydrogen-bond acceptors (Lipinski definition) is 4. The van der Waals surface area contributed by atoms with Gasteiger partial charge in [0.1, 0.15) is 5.82 Å². The zero-order chi connectivity index (χ0) is 16.7. The van der Waals surface area contributed by atoms with Crippen molar-refractivity contribution in [3.8, 4) is 0 Å². The van der Waals surface area contributed by atoms with Gasteiger partial charge in [-0.15, -0.1) is 0 Å². The quantitative estimate of drug-likeness (QED) is 0.678. The number of carbonyl (C=O) groups is 2. The van der Waals surface area contributed by atoms with Crippen LogP contribution in [0.15, 0.2) is 18.2 Å². The van der Waals surface area contributed by atoms with Crippen molar-refractivity contribution in [2.75, 3.05) is 44.6 Å². The molecule has 1 heterocycles. The van der Waals surface area contributed by atoms with E-state index in [4.69, 9.17) is 0 Å². The molecule has 0 bridgehead atoms. The molecule has 0 aliphatic carbocycles. The van der Waals surface area contributed by atoms with Crippen LogP contribution in [0, 0.1) is 5.82 Å². The number of hydrogen-bond donors (Lipinski definition) is 3. The molecule has 1 aromatic rings. The van der Waals surface area contributed by atoms with E-state index in [2.05, 4.69) is 20.9 Å².